The van der Waals surface area contributed by atoms with Crippen LogP contribution in [0, 0.1) is 0 Å². The van der Waals surface area contributed by atoms with E-state index in [0.717, 1.165) is 12.1 Å². The van der Waals surface area contributed by atoms with E-state index in [-0.39, 0.29) is 6.42 Å². The zero-order valence-corrected chi connectivity index (χ0v) is 12.5. The third kappa shape index (κ3) is 3.98. The van der Waals surface area contributed by atoms with Crippen molar-refractivity contribution in [2.45, 2.75) is 23.8 Å². The first-order valence-corrected chi connectivity index (χ1v) is 8.34. The van der Waals surface area contributed by atoms with Crippen molar-refractivity contribution in [1.29, 1.82) is 0 Å². The van der Waals surface area contributed by atoms with E-state index >= 15 is 0 Å². The Balaban J connectivity index is 2.26. The second-order valence-electron chi connectivity index (χ2n) is 5.43. The van der Waals surface area contributed by atoms with Crippen LogP contribution in [0.15, 0.2) is 59.5 Å². The Hall–Kier alpha value is -1.60. The van der Waals surface area contributed by atoms with Crippen LogP contribution in [0.2, 0.25) is 0 Å². The monoisotopic (exact) mass is 338 g/mol. The fourth-order valence-electron chi connectivity index (χ4n) is 2.16. The minimum atomic E-state index is -9.65. The topological polar surface area (TPSA) is 20.2 Å². The van der Waals surface area contributed by atoms with Gasteiger partial charge in [-0.1, -0.05) is 61.9 Å². The van der Waals surface area contributed by atoms with Gasteiger partial charge in [0, 0.05) is 6.42 Å². The second kappa shape index (κ2) is 4.45. The Morgan fingerprint density at radius 2 is 1.36 bits per heavy atom. The van der Waals surface area contributed by atoms with E-state index in [1.54, 1.807) is 30.3 Å². The average Bonchev–Trinajstić information content (AvgIpc) is 2.37. The third-order valence-electron chi connectivity index (χ3n) is 3.31. The van der Waals surface area contributed by atoms with E-state index in [2.05, 4.69) is 0 Å². The number of hydrogen-bond acceptors (Lipinski definition) is 1. The van der Waals surface area contributed by atoms with Crippen molar-refractivity contribution in [3.8, 4) is 0 Å². The van der Waals surface area contributed by atoms with E-state index in [1.807, 2.05) is 0 Å². The van der Waals surface area contributed by atoms with Crippen LogP contribution in [0.5, 0.6) is 0 Å². The number of rotatable bonds is 4. The molecule has 0 radical (unpaired) electrons. The minimum absolute atomic E-state index is 0.0115. The first-order valence-electron chi connectivity index (χ1n) is 6.39. The van der Waals surface area contributed by atoms with Gasteiger partial charge in [0.15, 0.2) is 0 Å². The standard InChI is InChI=1S/C15H15F5OS/c1-15(21,13-5-3-2-4-6-13)11-12-7-9-14(10-8-12)22(16,17,18,19)20/h2-10,21H,11H2,1H3/t15-/m0/s1. The normalized spacial score (nSPS) is 18.1. The van der Waals surface area contributed by atoms with Crippen molar-refractivity contribution < 1.29 is 24.5 Å². The summed E-state index contributed by atoms with van der Waals surface area (Å²) < 4.78 is 63.2. The molecule has 1 nitrogen and oxygen atoms in total. The summed E-state index contributed by atoms with van der Waals surface area (Å²) in [4.78, 5) is -1.93. The minimum Gasteiger partial charge on any atom is -0.385 e. The van der Waals surface area contributed by atoms with Gasteiger partial charge in [0.1, 0.15) is 4.90 Å². The highest BCUT2D eigenvalue weighted by Gasteiger charge is 2.65. The fourth-order valence-corrected chi connectivity index (χ4v) is 2.81. The molecule has 0 heterocycles. The maximum absolute atomic E-state index is 12.6. The summed E-state index contributed by atoms with van der Waals surface area (Å²) in [6.07, 6.45) is 0.0115. The number of aliphatic hydroxyl groups is 1. The van der Waals surface area contributed by atoms with Crippen molar-refractivity contribution in [3.05, 3.63) is 65.7 Å². The molecule has 0 saturated carbocycles. The number of halogens is 5. The van der Waals surface area contributed by atoms with Crippen LogP contribution in [-0.4, -0.2) is 5.11 Å². The molecular formula is C15H15F5OS. The highest BCUT2D eigenvalue weighted by molar-refractivity contribution is 8.45. The van der Waals surface area contributed by atoms with E-state index < -0.39 is 20.7 Å². The first-order chi connectivity index (χ1) is 9.78. The van der Waals surface area contributed by atoms with Crippen molar-refractivity contribution >= 4 is 10.2 Å². The fraction of sp³-hybridized carbons (Fsp3) is 0.200. The van der Waals surface area contributed by atoms with Crippen molar-refractivity contribution in [2.75, 3.05) is 0 Å². The largest absolute Gasteiger partial charge is 0.385 e. The molecule has 0 fully saturated rings. The maximum atomic E-state index is 12.6. The third-order valence-corrected chi connectivity index (χ3v) is 4.48. The molecule has 0 amide bonds. The molecule has 0 aliphatic rings. The van der Waals surface area contributed by atoms with Gasteiger partial charge >= 0.3 is 10.2 Å². The Bertz CT molecular complexity index is 663. The van der Waals surface area contributed by atoms with Gasteiger partial charge in [-0.3, -0.25) is 0 Å². The van der Waals surface area contributed by atoms with Gasteiger partial charge < -0.3 is 5.11 Å². The van der Waals surface area contributed by atoms with Crippen LogP contribution in [0.4, 0.5) is 19.4 Å². The summed E-state index contributed by atoms with van der Waals surface area (Å²) in [5.41, 5.74) is -0.386. The smallest absolute Gasteiger partial charge is 0.310 e. The Labute approximate surface area is 125 Å². The van der Waals surface area contributed by atoms with Crippen LogP contribution < -0.4 is 0 Å². The van der Waals surface area contributed by atoms with Crippen molar-refractivity contribution in [2.24, 2.45) is 0 Å². The van der Waals surface area contributed by atoms with E-state index in [1.165, 1.54) is 6.92 Å². The summed E-state index contributed by atoms with van der Waals surface area (Å²) in [7, 11) is -9.65. The van der Waals surface area contributed by atoms with Crippen molar-refractivity contribution in [1.82, 2.24) is 0 Å². The lowest BCUT2D eigenvalue weighted by Crippen LogP contribution is -2.24. The van der Waals surface area contributed by atoms with Crippen LogP contribution in [0.3, 0.4) is 0 Å². The molecule has 0 bridgehead atoms. The van der Waals surface area contributed by atoms with Gasteiger partial charge in [0.2, 0.25) is 0 Å². The van der Waals surface area contributed by atoms with Crippen LogP contribution >= 0.6 is 10.2 Å². The molecule has 2 rings (SSSR count). The van der Waals surface area contributed by atoms with E-state index in [9.17, 15) is 24.5 Å². The summed E-state index contributed by atoms with van der Waals surface area (Å²) in [5.74, 6) is 0. The SMILES string of the molecule is C[C@](O)(Cc1ccc(S(F)(F)(F)(F)F)cc1)c1ccccc1. The van der Waals surface area contributed by atoms with Crippen LogP contribution in [0.1, 0.15) is 18.1 Å². The highest BCUT2D eigenvalue weighted by Crippen LogP contribution is 3.02. The quantitative estimate of drug-likeness (QED) is 0.699. The number of hydrogen-bond donors (Lipinski definition) is 1. The van der Waals surface area contributed by atoms with E-state index in [4.69, 9.17) is 0 Å². The van der Waals surface area contributed by atoms with Gasteiger partial charge in [0.05, 0.1) is 5.60 Å². The molecule has 0 unspecified atom stereocenters. The van der Waals surface area contributed by atoms with Crippen molar-refractivity contribution in [3.63, 3.8) is 0 Å². The van der Waals surface area contributed by atoms with Gasteiger partial charge in [0.25, 0.3) is 0 Å². The molecule has 7 heteroatoms. The molecule has 0 saturated heterocycles. The molecule has 0 aliphatic carbocycles. The second-order valence-corrected chi connectivity index (χ2v) is 7.84. The molecule has 0 aliphatic heterocycles. The Morgan fingerprint density at radius 1 is 0.864 bits per heavy atom. The van der Waals surface area contributed by atoms with Gasteiger partial charge in [-0.05, 0) is 30.2 Å². The molecule has 1 N–H and O–H groups in total. The molecule has 1 atom stereocenters. The predicted molar refractivity (Wildman–Crippen MR) is 77.6 cm³/mol. The van der Waals surface area contributed by atoms with Crippen LogP contribution in [0.25, 0.3) is 0 Å². The molecule has 22 heavy (non-hydrogen) atoms. The molecule has 0 spiro atoms. The lowest BCUT2D eigenvalue weighted by molar-refractivity contribution is 0.0576. The van der Waals surface area contributed by atoms with Gasteiger partial charge in [-0.2, -0.15) is 0 Å². The zero-order valence-electron chi connectivity index (χ0n) is 11.6. The molecule has 122 valence electrons. The molecular weight excluding hydrogens is 323 g/mol. The summed E-state index contributed by atoms with van der Waals surface area (Å²) in [5, 5.41) is 10.4. The summed E-state index contributed by atoms with van der Waals surface area (Å²) in [6, 6.07) is 11.2. The summed E-state index contributed by atoms with van der Waals surface area (Å²) >= 11 is 0. The summed E-state index contributed by atoms with van der Waals surface area (Å²) in [6.45, 7) is 1.51. The lowest BCUT2D eigenvalue weighted by atomic mass is 9.89. The lowest BCUT2D eigenvalue weighted by Gasteiger charge is -2.40. The molecule has 0 aromatic heterocycles. The highest BCUT2D eigenvalue weighted by atomic mass is 32.5. The molecule has 2 aromatic carbocycles. The van der Waals surface area contributed by atoms with Gasteiger partial charge in [-0.25, -0.2) is 0 Å². The Kier molecular flexibility index (Phi) is 3.39. The first kappa shape index (κ1) is 16.8. The maximum Gasteiger partial charge on any atom is 0.310 e. The number of benzene rings is 2. The molecule has 2 aromatic rings. The zero-order chi connectivity index (χ0) is 16.7. The Morgan fingerprint density at radius 3 is 1.82 bits per heavy atom. The van der Waals surface area contributed by atoms with E-state index in [0.29, 0.717) is 23.3 Å². The van der Waals surface area contributed by atoms with Gasteiger partial charge in [-0.15, -0.1) is 0 Å². The predicted octanol–water partition coefficient (Wildman–Crippen LogP) is 5.79. The average molecular weight is 338 g/mol. The van der Waals surface area contributed by atoms with Crippen LogP contribution in [-0.2, 0) is 12.0 Å².